The van der Waals surface area contributed by atoms with E-state index in [1.165, 1.54) is 22.5 Å². The van der Waals surface area contributed by atoms with Crippen molar-refractivity contribution in [1.82, 2.24) is 9.29 Å². The molecule has 0 aliphatic carbocycles. The number of aryl methyl sites for hydroxylation is 2. The number of carbonyl (C=O) groups excluding carboxylic acids is 1. The number of pyridine rings is 1. The third kappa shape index (κ3) is 4.33. The molecule has 0 aliphatic rings. The quantitative estimate of drug-likeness (QED) is 0.591. The van der Waals surface area contributed by atoms with E-state index in [9.17, 15) is 13.2 Å². The van der Waals surface area contributed by atoms with Gasteiger partial charge in [-0.05, 0) is 50.2 Å². The number of rotatable bonds is 6. The molecule has 0 saturated heterocycles. The number of hydrogen-bond donors (Lipinski definition) is 1. The second-order valence-electron chi connectivity index (χ2n) is 7.02. The van der Waals surface area contributed by atoms with E-state index in [2.05, 4.69) is 10.3 Å². The molecule has 1 aromatic heterocycles. The maximum Gasteiger partial charge on any atom is 0.256 e. The first-order chi connectivity index (χ1) is 14.2. The molecule has 1 amide bonds. The van der Waals surface area contributed by atoms with Crippen LogP contribution in [0.25, 0.3) is 10.9 Å². The SMILES string of the molecule is CCN(CC)S(=O)(=O)c1ccc(Cl)c(NC(=O)c2cc(C)nc3ccc(C)cc23)c1. The Balaban J connectivity index is 2.02. The van der Waals surface area contributed by atoms with Crippen molar-refractivity contribution in [3.63, 3.8) is 0 Å². The number of benzene rings is 2. The average Bonchev–Trinajstić information content (AvgIpc) is 2.69. The van der Waals surface area contributed by atoms with Crippen LogP contribution in [0.2, 0.25) is 5.02 Å². The van der Waals surface area contributed by atoms with Crippen molar-refractivity contribution in [3.05, 3.63) is 64.3 Å². The summed E-state index contributed by atoms with van der Waals surface area (Å²) in [6.45, 7) is 8.02. The standard InChI is InChI=1S/C22H24ClN3O3S/c1-5-26(6-2)30(28,29)16-8-9-19(23)21(13-16)25-22(27)18-12-15(4)24-20-10-7-14(3)11-17(18)20/h7-13H,5-6H2,1-4H3,(H,25,27). The zero-order valence-electron chi connectivity index (χ0n) is 17.4. The van der Waals surface area contributed by atoms with Gasteiger partial charge in [-0.2, -0.15) is 4.31 Å². The third-order valence-electron chi connectivity index (χ3n) is 4.87. The normalized spacial score (nSPS) is 11.8. The topological polar surface area (TPSA) is 79.4 Å². The van der Waals surface area contributed by atoms with Gasteiger partial charge in [-0.3, -0.25) is 9.78 Å². The van der Waals surface area contributed by atoms with Gasteiger partial charge in [-0.1, -0.05) is 37.1 Å². The van der Waals surface area contributed by atoms with E-state index in [4.69, 9.17) is 11.6 Å². The number of sulfonamides is 1. The summed E-state index contributed by atoms with van der Waals surface area (Å²) in [6.07, 6.45) is 0. The van der Waals surface area contributed by atoms with E-state index in [-0.39, 0.29) is 21.5 Å². The Morgan fingerprint density at radius 2 is 1.77 bits per heavy atom. The number of aromatic nitrogens is 1. The molecule has 0 saturated carbocycles. The van der Waals surface area contributed by atoms with Crippen molar-refractivity contribution in [2.75, 3.05) is 18.4 Å². The van der Waals surface area contributed by atoms with Gasteiger partial charge in [-0.25, -0.2) is 8.42 Å². The minimum Gasteiger partial charge on any atom is -0.321 e. The number of carbonyl (C=O) groups is 1. The lowest BCUT2D eigenvalue weighted by Gasteiger charge is -2.19. The maximum atomic E-state index is 13.1. The largest absolute Gasteiger partial charge is 0.321 e. The minimum atomic E-state index is -3.67. The minimum absolute atomic E-state index is 0.0810. The van der Waals surface area contributed by atoms with Crippen LogP contribution in [0, 0.1) is 13.8 Å². The average molecular weight is 446 g/mol. The summed E-state index contributed by atoms with van der Waals surface area (Å²) < 4.78 is 27.0. The molecule has 0 aliphatic heterocycles. The van der Waals surface area contributed by atoms with Gasteiger partial charge in [0.2, 0.25) is 10.0 Å². The lowest BCUT2D eigenvalue weighted by molar-refractivity contribution is 0.102. The van der Waals surface area contributed by atoms with Gasteiger partial charge in [0.05, 0.1) is 26.7 Å². The van der Waals surface area contributed by atoms with E-state index in [1.807, 2.05) is 32.0 Å². The number of amides is 1. The summed E-state index contributed by atoms with van der Waals surface area (Å²) in [6, 6.07) is 11.7. The summed E-state index contributed by atoms with van der Waals surface area (Å²) in [4.78, 5) is 17.7. The van der Waals surface area contributed by atoms with E-state index in [0.29, 0.717) is 24.3 Å². The highest BCUT2D eigenvalue weighted by molar-refractivity contribution is 7.89. The first kappa shape index (κ1) is 22.2. The Morgan fingerprint density at radius 3 is 2.43 bits per heavy atom. The number of nitrogens with zero attached hydrogens (tertiary/aromatic N) is 2. The Labute approximate surface area is 181 Å². The van der Waals surface area contributed by atoms with Gasteiger partial charge in [0, 0.05) is 24.2 Å². The first-order valence-corrected chi connectivity index (χ1v) is 11.5. The Hall–Kier alpha value is -2.48. The number of hydrogen-bond acceptors (Lipinski definition) is 4. The fraction of sp³-hybridized carbons (Fsp3) is 0.273. The lowest BCUT2D eigenvalue weighted by Crippen LogP contribution is -2.30. The molecule has 1 heterocycles. The lowest BCUT2D eigenvalue weighted by atomic mass is 10.0. The van der Waals surface area contributed by atoms with Gasteiger partial charge >= 0.3 is 0 Å². The van der Waals surface area contributed by atoms with Crippen LogP contribution in [0.15, 0.2) is 47.4 Å². The first-order valence-electron chi connectivity index (χ1n) is 9.66. The van der Waals surface area contributed by atoms with Crippen LogP contribution in [0.5, 0.6) is 0 Å². The molecular weight excluding hydrogens is 422 g/mol. The fourth-order valence-corrected chi connectivity index (χ4v) is 4.97. The summed E-state index contributed by atoms with van der Waals surface area (Å²) >= 11 is 6.26. The Bertz CT molecular complexity index is 1220. The van der Waals surface area contributed by atoms with Gasteiger partial charge in [-0.15, -0.1) is 0 Å². The molecule has 8 heteroatoms. The number of anilines is 1. The molecule has 158 valence electrons. The van der Waals surface area contributed by atoms with Crippen LogP contribution < -0.4 is 5.32 Å². The molecule has 0 unspecified atom stereocenters. The zero-order chi connectivity index (χ0) is 22.1. The monoisotopic (exact) mass is 445 g/mol. The molecule has 0 radical (unpaired) electrons. The molecule has 0 bridgehead atoms. The van der Waals surface area contributed by atoms with Gasteiger partial charge in [0.15, 0.2) is 0 Å². The second-order valence-corrected chi connectivity index (χ2v) is 9.36. The zero-order valence-corrected chi connectivity index (χ0v) is 18.9. The van der Waals surface area contributed by atoms with Gasteiger partial charge in [0.25, 0.3) is 5.91 Å². The van der Waals surface area contributed by atoms with E-state index >= 15 is 0 Å². The highest BCUT2D eigenvalue weighted by Crippen LogP contribution is 2.28. The van der Waals surface area contributed by atoms with Crippen LogP contribution in [-0.4, -0.2) is 36.7 Å². The highest BCUT2D eigenvalue weighted by atomic mass is 35.5. The fourth-order valence-electron chi connectivity index (χ4n) is 3.32. The molecule has 30 heavy (non-hydrogen) atoms. The van der Waals surface area contributed by atoms with Crippen LogP contribution >= 0.6 is 11.6 Å². The predicted molar refractivity (Wildman–Crippen MR) is 121 cm³/mol. The molecule has 6 nitrogen and oxygen atoms in total. The second kappa shape index (κ2) is 8.71. The van der Waals surface area contributed by atoms with Gasteiger partial charge in [0.1, 0.15) is 0 Å². The maximum absolute atomic E-state index is 13.1. The number of halogens is 1. The van der Waals surface area contributed by atoms with Crippen molar-refractivity contribution in [3.8, 4) is 0 Å². The smallest absolute Gasteiger partial charge is 0.256 e. The molecule has 1 N–H and O–H groups in total. The highest BCUT2D eigenvalue weighted by Gasteiger charge is 2.23. The number of fused-ring (bicyclic) bond motifs is 1. The van der Waals surface area contributed by atoms with Crippen molar-refractivity contribution in [2.24, 2.45) is 0 Å². The summed E-state index contributed by atoms with van der Waals surface area (Å²) in [5.41, 5.74) is 3.13. The summed E-state index contributed by atoms with van der Waals surface area (Å²) in [5.74, 6) is -0.379. The summed E-state index contributed by atoms with van der Waals surface area (Å²) in [5, 5.41) is 3.75. The molecule has 3 aromatic rings. The molecule has 0 fully saturated rings. The van der Waals surface area contributed by atoms with Crippen LogP contribution in [0.1, 0.15) is 35.5 Å². The molecule has 3 rings (SSSR count). The van der Waals surface area contributed by atoms with Crippen LogP contribution in [0.3, 0.4) is 0 Å². The third-order valence-corrected chi connectivity index (χ3v) is 7.24. The Kier molecular flexibility index (Phi) is 6.45. The van der Waals surface area contributed by atoms with Crippen molar-refractivity contribution in [1.29, 1.82) is 0 Å². The van der Waals surface area contributed by atoms with Crippen molar-refractivity contribution in [2.45, 2.75) is 32.6 Å². The summed E-state index contributed by atoms with van der Waals surface area (Å²) in [7, 11) is -3.67. The van der Waals surface area contributed by atoms with E-state index in [1.54, 1.807) is 19.9 Å². The molecule has 0 atom stereocenters. The van der Waals surface area contributed by atoms with Crippen LogP contribution in [0.4, 0.5) is 5.69 Å². The van der Waals surface area contributed by atoms with Crippen LogP contribution in [-0.2, 0) is 10.0 Å². The Morgan fingerprint density at radius 1 is 1.07 bits per heavy atom. The molecule has 0 spiro atoms. The van der Waals surface area contributed by atoms with Gasteiger partial charge < -0.3 is 5.32 Å². The van der Waals surface area contributed by atoms with E-state index < -0.39 is 10.0 Å². The van der Waals surface area contributed by atoms with Crippen molar-refractivity contribution < 1.29 is 13.2 Å². The molecular formula is C22H24ClN3O3S. The van der Waals surface area contributed by atoms with E-state index in [0.717, 1.165) is 16.5 Å². The number of nitrogens with one attached hydrogen (secondary N) is 1. The predicted octanol–water partition coefficient (Wildman–Crippen LogP) is 4.79. The molecule has 2 aromatic carbocycles. The van der Waals surface area contributed by atoms with Crippen molar-refractivity contribution >= 4 is 44.1 Å².